The molecular formula is C15H18N5NaO3. The number of aromatic nitrogens is 3. The Morgan fingerprint density at radius 1 is 1.38 bits per heavy atom. The van der Waals surface area contributed by atoms with E-state index in [0.29, 0.717) is 25.3 Å². The first-order chi connectivity index (χ1) is 10.9. The molecule has 3 rings (SSSR count). The van der Waals surface area contributed by atoms with Gasteiger partial charge < -0.3 is 14.8 Å². The normalized spacial score (nSPS) is 14.6. The summed E-state index contributed by atoms with van der Waals surface area (Å²) in [6.45, 7) is 7.00. The maximum Gasteiger partial charge on any atom is 1.00 e. The molecule has 1 saturated heterocycles. The zero-order chi connectivity index (χ0) is 16.7. The summed E-state index contributed by atoms with van der Waals surface area (Å²) >= 11 is 0. The first-order valence-corrected chi connectivity index (χ1v) is 7.61. The summed E-state index contributed by atoms with van der Waals surface area (Å²) < 4.78 is 1.48. The monoisotopic (exact) mass is 339 g/mol. The van der Waals surface area contributed by atoms with Gasteiger partial charge in [0, 0.05) is 30.9 Å². The summed E-state index contributed by atoms with van der Waals surface area (Å²) in [5.74, 6) is -0.881. The van der Waals surface area contributed by atoms with Crippen LogP contribution in [0.1, 0.15) is 36.8 Å². The van der Waals surface area contributed by atoms with E-state index >= 15 is 0 Å². The molecule has 1 aliphatic heterocycles. The van der Waals surface area contributed by atoms with Gasteiger partial charge in [-0.25, -0.2) is 14.3 Å². The maximum absolute atomic E-state index is 12.5. The van der Waals surface area contributed by atoms with E-state index in [1.807, 2.05) is 20.8 Å². The molecule has 0 spiro atoms. The van der Waals surface area contributed by atoms with Gasteiger partial charge in [-0.3, -0.25) is 4.90 Å². The van der Waals surface area contributed by atoms with Crippen LogP contribution >= 0.6 is 0 Å². The minimum Gasteiger partial charge on any atom is -0.545 e. The van der Waals surface area contributed by atoms with Crippen LogP contribution in [0.2, 0.25) is 0 Å². The predicted molar refractivity (Wildman–Crippen MR) is 81.3 cm³/mol. The first-order valence-electron chi connectivity index (χ1n) is 7.61. The molecule has 0 unspecified atom stereocenters. The molecule has 2 amide bonds. The molecular weight excluding hydrogens is 321 g/mol. The van der Waals surface area contributed by atoms with Crippen molar-refractivity contribution in [1.82, 2.24) is 19.5 Å². The fourth-order valence-corrected chi connectivity index (χ4v) is 2.79. The summed E-state index contributed by atoms with van der Waals surface area (Å²) in [4.78, 5) is 31.4. The van der Waals surface area contributed by atoms with E-state index in [2.05, 4.69) is 10.1 Å². The maximum atomic E-state index is 12.5. The molecule has 0 atom stereocenters. The number of hydrogen-bond acceptors (Lipinski definition) is 5. The van der Waals surface area contributed by atoms with Crippen molar-refractivity contribution in [2.45, 2.75) is 33.2 Å². The van der Waals surface area contributed by atoms with Crippen molar-refractivity contribution in [1.29, 1.82) is 0 Å². The van der Waals surface area contributed by atoms with Gasteiger partial charge in [-0.15, -0.1) is 0 Å². The van der Waals surface area contributed by atoms with Crippen LogP contribution in [0.25, 0.3) is 5.65 Å². The Morgan fingerprint density at radius 2 is 2.08 bits per heavy atom. The molecule has 1 aliphatic rings. The number of carboxylic acids is 1. The van der Waals surface area contributed by atoms with Crippen molar-refractivity contribution in [3.63, 3.8) is 0 Å². The number of hydrogen-bond donors (Lipinski definition) is 0. The van der Waals surface area contributed by atoms with E-state index in [0.717, 1.165) is 5.69 Å². The average Bonchev–Trinajstić information content (AvgIpc) is 3.09. The van der Waals surface area contributed by atoms with Crippen LogP contribution in [0.4, 0.5) is 10.6 Å². The summed E-state index contributed by atoms with van der Waals surface area (Å²) in [7, 11) is 0. The molecule has 8 nitrogen and oxygen atoms in total. The van der Waals surface area contributed by atoms with E-state index in [1.165, 1.54) is 10.7 Å². The van der Waals surface area contributed by atoms with Crippen LogP contribution in [0.3, 0.4) is 0 Å². The smallest absolute Gasteiger partial charge is 0.545 e. The molecule has 122 valence electrons. The number of carbonyl (C=O) groups is 2. The second kappa shape index (κ2) is 7.08. The number of fused-ring (bicyclic) bond motifs is 1. The number of aryl methyl sites for hydroxylation is 1. The number of carboxylic acid groups (broad SMARTS) is 1. The van der Waals surface area contributed by atoms with Crippen molar-refractivity contribution >= 4 is 23.5 Å². The van der Waals surface area contributed by atoms with E-state index in [4.69, 9.17) is 0 Å². The number of anilines is 1. The molecule has 2 aromatic rings. The molecule has 0 bridgehead atoms. The third kappa shape index (κ3) is 3.01. The molecule has 0 saturated carbocycles. The van der Waals surface area contributed by atoms with E-state index < -0.39 is 5.97 Å². The van der Waals surface area contributed by atoms with Gasteiger partial charge in [-0.1, -0.05) is 6.92 Å². The van der Waals surface area contributed by atoms with Crippen molar-refractivity contribution in [3.05, 3.63) is 23.5 Å². The van der Waals surface area contributed by atoms with Crippen LogP contribution in [0, 0.1) is 0 Å². The Kier molecular flexibility index (Phi) is 5.52. The van der Waals surface area contributed by atoms with Crippen LogP contribution in [0.5, 0.6) is 0 Å². The zero-order valence-corrected chi connectivity index (χ0v) is 16.3. The molecule has 0 radical (unpaired) electrons. The van der Waals surface area contributed by atoms with Crippen molar-refractivity contribution in [3.8, 4) is 0 Å². The molecule has 0 N–H and O–H groups in total. The number of rotatable bonds is 4. The second-order valence-electron chi connectivity index (χ2n) is 5.76. The number of nitrogens with zero attached hydrogens (tertiary/aromatic N) is 5. The number of aromatic carboxylic acids is 1. The average molecular weight is 339 g/mol. The molecule has 0 aliphatic carbocycles. The Morgan fingerprint density at radius 3 is 2.62 bits per heavy atom. The standard InChI is InChI=1S/C15H19N5O3.Na/c1-4-10-7-12(19-6-5-18(9(2)3)15(19)23)17-13-11(14(21)22)8-16-20(10)13;/h7-9H,4-6H2,1-3H3,(H,21,22);/q;+1/p-1. The number of carbonyl (C=O) groups excluding carboxylic acids is 2. The van der Waals surface area contributed by atoms with Gasteiger partial charge >= 0.3 is 35.6 Å². The molecule has 24 heavy (non-hydrogen) atoms. The van der Waals surface area contributed by atoms with Gasteiger partial charge in [-0.05, 0) is 20.3 Å². The Bertz CT molecular complexity index is 789. The third-order valence-electron chi connectivity index (χ3n) is 4.06. The van der Waals surface area contributed by atoms with Crippen molar-refractivity contribution in [2.75, 3.05) is 18.0 Å². The Labute approximate surface area is 161 Å². The summed E-state index contributed by atoms with van der Waals surface area (Å²) in [6.07, 6.45) is 1.86. The topological polar surface area (TPSA) is 93.9 Å². The number of amides is 2. The summed E-state index contributed by atoms with van der Waals surface area (Å²) in [5, 5.41) is 15.3. The van der Waals surface area contributed by atoms with E-state index in [9.17, 15) is 14.7 Å². The fourth-order valence-electron chi connectivity index (χ4n) is 2.79. The van der Waals surface area contributed by atoms with Gasteiger partial charge in [0.1, 0.15) is 5.82 Å². The quantitative estimate of drug-likeness (QED) is 0.566. The molecule has 3 heterocycles. The summed E-state index contributed by atoms with van der Waals surface area (Å²) in [6, 6.07) is 1.77. The van der Waals surface area contributed by atoms with Gasteiger partial charge in [0.15, 0.2) is 5.65 Å². The van der Waals surface area contributed by atoms with Crippen molar-refractivity contribution < 1.29 is 44.3 Å². The van der Waals surface area contributed by atoms with Gasteiger partial charge in [0.05, 0.1) is 17.7 Å². The fraction of sp³-hybridized carbons (Fsp3) is 0.467. The van der Waals surface area contributed by atoms with Crippen LogP contribution < -0.4 is 39.6 Å². The SMILES string of the molecule is CCc1cc(N2CCN(C(C)C)C2=O)nc2c(C(=O)[O-])cnn12.[Na+]. The predicted octanol–water partition coefficient (Wildman–Crippen LogP) is -2.69. The minimum atomic E-state index is -1.33. The van der Waals surface area contributed by atoms with Crippen LogP contribution in [0.15, 0.2) is 12.3 Å². The number of urea groups is 1. The first kappa shape index (κ1) is 18.7. The zero-order valence-electron chi connectivity index (χ0n) is 14.3. The van der Waals surface area contributed by atoms with Gasteiger partial charge in [0.2, 0.25) is 0 Å². The van der Waals surface area contributed by atoms with Crippen LogP contribution in [-0.4, -0.2) is 50.6 Å². The molecule has 9 heteroatoms. The van der Waals surface area contributed by atoms with Gasteiger partial charge in [0.25, 0.3) is 0 Å². The molecule has 2 aromatic heterocycles. The van der Waals surface area contributed by atoms with E-state index in [1.54, 1.807) is 15.9 Å². The minimum absolute atomic E-state index is 0. The molecule has 1 fully saturated rings. The largest absolute Gasteiger partial charge is 1.00 e. The van der Waals surface area contributed by atoms with Crippen LogP contribution in [-0.2, 0) is 6.42 Å². The van der Waals surface area contributed by atoms with E-state index in [-0.39, 0.29) is 52.8 Å². The molecule has 0 aromatic carbocycles. The van der Waals surface area contributed by atoms with Gasteiger partial charge in [-0.2, -0.15) is 5.10 Å². The Hall–Kier alpha value is -1.64. The Balaban J connectivity index is 0.00000208. The second-order valence-corrected chi connectivity index (χ2v) is 5.76. The summed E-state index contributed by atoms with van der Waals surface area (Å²) in [5.41, 5.74) is 0.914. The van der Waals surface area contributed by atoms with Crippen molar-refractivity contribution in [2.24, 2.45) is 0 Å². The third-order valence-corrected chi connectivity index (χ3v) is 4.06.